The summed E-state index contributed by atoms with van der Waals surface area (Å²) < 4.78 is 21.0. The van der Waals surface area contributed by atoms with E-state index in [1.165, 1.54) is 27.4 Å². The molecule has 0 bridgehead atoms. The standard InChI is InChI=1S/C22H20O7/c1-26-18-10-13(11-19(27-2)21(18)28-3)8-9-14(23)12-16-20(24)15-6-4-5-7-17(15)29-22(16)25/h4-11,24H,12H2,1-3H3/b9-8+. The van der Waals surface area contributed by atoms with Crippen LogP contribution in [0.3, 0.4) is 0 Å². The molecule has 150 valence electrons. The SMILES string of the molecule is COc1cc(/C=C/C(=O)Cc2c(O)c3ccccc3oc2=O)cc(OC)c1OC. The number of allylic oxidation sites excluding steroid dienone is 1. The lowest BCUT2D eigenvalue weighted by atomic mass is 10.1. The Morgan fingerprint density at radius 3 is 2.34 bits per heavy atom. The van der Waals surface area contributed by atoms with Crippen molar-refractivity contribution in [1.29, 1.82) is 0 Å². The smallest absolute Gasteiger partial charge is 0.343 e. The molecule has 0 fully saturated rings. The van der Waals surface area contributed by atoms with Gasteiger partial charge >= 0.3 is 5.63 Å². The zero-order valence-electron chi connectivity index (χ0n) is 16.2. The fourth-order valence-electron chi connectivity index (χ4n) is 2.95. The van der Waals surface area contributed by atoms with Crippen LogP contribution < -0.4 is 19.8 Å². The van der Waals surface area contributed by atoms with Gasteiger partial charge in [0.25, 0.3) is 0 Å². The normalized spacial score (nSPS) is 11.0. The molecular formula is C22H20O7. The molecule has 0 aliphatic carbocycles. The summed E-state index contributed by atoms with van der Waals surface area (Å²) in [5.41, 5.74) is 0.0840. The van der Waals surface area contributed by atoms with Crippen LogP contribution in [0, 0.1) is 0 Å². The van der Waals surface area contributed by atoms with Crippen LogP contribution in [0.25, 0.3) is 17.0 Å². The number of fused-ring (bicyclic) bond motifs is 1. The van der Waals surface area contributed by atoms with Gasteiger partial charge in [0, 0.05) is 6.42 Å². The molecule has 29 heavy (non-hydrogen) atoms. The van der Waals surface area contributed by atoms with Gasteiger partial charge in [-0.1, -0.05) is 18.2 Å². The van der Waals surface area contributed by atoms with Crippen molar-refractivity contribution in [3.05, 3.63) is 64.0 Å². The van der Waals surface area contributed by atoms with Gasteiger partial charge in [-0.3, -0.25) is 4.79 Å². The molecule has 1 aromatic heterocycles. The maximum atomic E-state index is 12.4. The molecule has 3 rings (SSSR count). The van der Waals surface area contributed by atoms with Crippen molar-refractivity contribution in [2.45, 2.75) is 6.42 Å². The van der Waals surface area contributed by atoms with E-state index in [1.807, 2.05) is 0 Å². The van der Waals surface area contributed by atoms with Crippen LogP contribution in [0.2, 0.25) is 0 Å². The van der Waals surface area contributed by atoms with E-state index < -0.39 is 5.63 Å². The van der Waals surface area contributed by atoms with Gasteiger partial charge in [0.15, 0.2) is 17.3 Å². The number of hydrogen-bond acceptors (Lipinski definition) is 7. The Balaban J connectivity index is 1.87. The van der Waals surface area contributed by atoms with Crippen molar-refractivity contribution in [3.63, 3.8) is 0 Å². The Bertz CT molecular complexity index is 1120. The van der Waals surface area contributed by atoms with Gasteiger partial charge in [0.1, 0.15) is 11.3 Å². The van der Waals surface area contributed by atoms with E-state index in [0.717, 1.165) is 0 Å². The summed E-state index contributed by atoms with van der Waals surface area (Å²) in [6.07, 6.45) is 2.58. The lowest BCUT2D eigenvalue weighted by molar-refractivity contribution is -0.114. The fraction of sp³-hybridized carbons (Fsp3) is 0.182. The summed E-state index contributed by atoms with van der Waals surface area (Å²) in [6.45, 7) is 0. The zero-order chi connectivity index (χ0) is 21.0. The van der Waals surface area contributed by atoms with Crippen LogP contribution in [-0.2, 0) is 11.2 Å². The van der Waals surface area contributed by atoms with Crippen LogP contribution in [-0.4, -0.2) is 32.2 Å². The molecule has 0 aliphatic heterocycles. The molecule has 0 saturated heterocycles. The molecule has 0 amide bonds. The van der Waals surface area contributed by atoms with E-state index in [0.29, 0.717) is 28.2 Å². The first-order chi connectivity index (χ1) is 14.0. The minimum atomic E-state index is -0.740. The largest absolute Gasteiger partial charge is 0.507 e. The maximum Gasteiger partial charge on any atom is 0.343 e. The molecule has 1 heterocycles. The van der Waals surface area contributed by atoms with Gasteiger partial charge in [0.2, 0.25) is 5.75 Å². The van der Waals surface area contributed by atoms with E-state index in [1.54, 1.807) is 42.5 Å². The molecule has 0 radical (unpaired) electrons. The first kappa shape index (κ1) is 20.0. The highest BCUT2D eigenvalue weighted by Gasteiger charge is 2.16. The molecule has 0 saturated carbocycles. The third kappa shape index (κ3) is 4.08. The molecule has 2 aromatic carbocycles. The highest BCUT2D eigenvalue weighted by atomic mass is 16.5. The molecule has 3 aromatic rings. The average Bonchev–Trinajstić information content (AvgIpc) is 2.74. The number of benzene rings is 2. The second-order valence-electron chi connectivity index (χ2n) is 6.15. The fourth-order valence-corrected chi connectivity index (χ4v) is 2.95. The van der Waals surface area contributed by atoms with Gasteiger partial charge in [0.05, 0.1) is 32.3 Å². The van der Waals surface area contributed by atoms with Crippen molar-refractivity contribution in [2.24, 2.45) is 0 Å². The molecule has 7 nitrogen and oxygen atoms in total. The van der Waals surface area contributed by atoms with Gasteiger partial charge in [-0.05, 0) is 35.9 Å². The minimum absolute atomic E-state index is 0.0803. The molecule has 0 aliphatic rings. The first-order valence-corrected chi connectivity index (χ1v) is 8.73. The van der Waals surface area contributed by atoms with Crippen LogP contribution >= 0.6 is 0 Å². The Morgan fingerprint density at radius 1 is 1.07 bits per heavy atom. The second-order valence-corrected chi connectivity index (χ2v) is 6.15. The molecule has 0 atom stereocenters. The van der Waals surface area contributed by atoms with Gasteiger partial charge < -0.3 is 23.7 Å². The monoisotopic (exact) mass is 396 g/mol. The Kier molecular flexibility index (Phi) is 5.87. The number of hydrogen-bond donors (Lipinski definition) is 1. The Hall–Kier alpha value is -3.74. The first-order valence-electron chi connectivity index (χ1n) is 8.73. The van der Waals surface area contributed by atoms with Gasteiger partial charge in [-0.2, -0.15) is 0 Å². The lowest BCUT2D eigenvalue weighted by Gasteiger charge is -2.12. The zero-order valence-corrected chi connectivity index (χ0v) is 16.2. The summed E-state index contributed by atoms with van der Waals surface area (Å²) >= 11 is 0. The highest BCUT2D eigenvalue weighted by Crippen LogP contribution is 2.38. The highest BCUT2D eigenvalue weighted by molar-refractivity contribution is 5.96. The predicted octanol–water partition coefficient (Wildman–Crippen LogP) is 3.35. The molecule has 0 spiro atoms. The number of aromatic hydroxyl groups is 1. The van der Waals surface area contributed by atoms with Crippen molar-refractivity contribution in [3.8, 4) is 23.0 Å². The second kappa shape index (κ2) is 8.52. The molecular weight excluding hydrogens is 376 g/mol. The molecule has 1 N–H and O–H groups in total. The third-order valence-corrected chi connectivity index (χ3v) is 4.38. The van der Waals surface area contributed by atoms with E-state index >= 15 is 0 Å². The maximum absolute atomic E-state index is 12.4. The number of carbonyl (C=O) groups excluding carboxylic acids is 1. The third-order valence-electron chi connectivity index (χ3n) is 4.38. The number of ketones is 1. The van der Waals surface area contributed by atoms with Gasteiger partial charge in [-0.15, -0.1) is 0 Å². The van der Waals surface area contributed by atoms with E-state index in [-0.39, 0.29) is 29.1 Å². The molecule has 0 unspecified atom stereocenters. The van der Waals surface area contributed by atoms with Crippen LogP contribution in [0.5, 0.6) is 23.0 Å². The quantitative estimate of drug-likeness (QED) is 0.483. The van der Waals surface area contributed by atoms with E-state index in [2.05, 4.69) is 0 Å². The van der Waals surface area contributed by atoms with E-state index in [4.69, 9.17) is 18.6 Å². The summed E-state index contributed by atoms with van der Waals surface area (Å²) in [4.78, 5) is 24.5. The van der Waals surface area contributed by atoms with Crippen molar-refractivity contribution < 1.29 is 28.5 Å². The molecule has 7 heteroatoms. The van der Waals surface area contributed by atoms with Crippen LogP contribution in [0.4, 0.5) is 0 Å². The number of methoxy groups -OCH3 is 3. The topological polar surface area (TPSA) is 95.2 Å². The average molecular weight is 396 g/mol. The van der Waals surface area contributed by atoms with Crippen LogP contribution in [0.15, 0.2) is 51.7 Å². The number of carbonyl (C=O) groups is 1. The minimum Gasteiger partial charge on any atom is -0.507 e. The summed E-state index contributed by atoms with van der Waals surface area (Å²) in [6, 6.07) is 9.97. The summed E-state index contributed by atoms with van der Waals surface area (Å²) in [7, 11) is 4.50. The van der Waals surface area contributed by atoms with Crippen molar-refractivity contribution in [2.75, 3.05) is 21.3 Å². The number of para-hydroxylation sites is 1. The number of ether oxygens (including phenoxy) is 3. The lowest BCUT2D eigenvalue weighted by Crippen LogP contribution is -2.12. The van der Waals surface area contributed by atoms with Crippen molar-refractivity contribution >= 4 is 22.8 Å². The van der Waals surface area contributed by atoms with Crippen LogP contribution in [0.1, 0.15) is 11.1 Å². The van der Waals surface area contributed by atoms with Crippen molar-refractivity contribution in [1.82, 2.24) is 0 Å². The van der Waals surface area contributed by atoms with E-state index in [9.17, 15) is 14.7 Å². The Labute approximate surface area is 166 Å². The summed E-state index contributed by atoms with van der Waals surface area (Å²) in [5.74, 6) is 0.721. The number of rotatable bonds is 7. The predicted molar refractivity (Wildman–Crippen MR) is 108 cm³/mol. The summed E-state index contributed by atoms with van der Waals surface area (Å²) in [5, 5.41) is 10.8. The van der Waals surface area contributed by atoms with Gasteiger partial charge in [-0.25, -0.2) is 4.79 Å². The Morgan fingerprint density at radius 2 is 1.72 bits per heavy atom.